The van der Waals surface area contributed by atoms with Gasteiger partial charge in [0.15, 0.2) is 6.29 Å². The van der Waals surface area contributed by atoms with Gasteiger partial charge in [0, 0.05) is 6.42 Å². The number of unbranched alkanes of at least 4 members (excludes halogenated alkanes) is 45. The highest BCUT2D eigenvalue weighted by atomic mass is 32.3. The lowest BCUT2D eigenvalue weighted by atomic mass is 9.99. The van der Waals surface area contributed by atoms with Gasteiger partial charge in [-0.2, -0.15) is 8.42 Å². The van der Waals surface area contributed by atoms with Crippen molar-refractivity contribution in [1.82, 2.24) is 5.32 Å². The number of rotatable bonds is 57. The zero-order chi connectivity index (χ0) is 54.7. The summed E-state index contributed by atoms with van der Waals surface area (Å²) in [6.45, 7) is 3.46. The van der Waals surface area contributed by atoms with E-state index in [9.17, 15) is 38.2 Å². The number of aliphatic hydroxyl groups excluding tert-OH is 4. The van der Waals surface area contributed by atoms with Crippen molar-refractivity contribution in [2.75, 3.05) is 13.2 Å². The summed E-state index contributed by atoms with van der Waals surface area (Å²) in [6.07, 6.45) is 55.5. The second kappa shape index (κ2) is 52.2. The van der Waals surface area contributed by atoms with Crippen molar-refractivity contribution in [2.45, 2.75) is 365 Å². The Morgan fingerprint density at radius 2 is 0.840 bits per heavy atom. The summed E-state index contributed by atoms with van der Waals surface area (Å²) in [5.41, 5.74) is 0. The van der Waals surface area contributed by atoms with E-state index in [1.54, 1.807) is 6.08 Å². The van der Waals surface area contributed by atoms with Crippen molar-refractivity contribution in [2.24, 2.45) is 0 Å². The zero-order valence-electron chi connectivity index (χ0n) is 48.6. The Balaban J connectivity index is 2.31. The van der Waals surface area contributed by atoms with Gasteiger partial charge in [0.2, 0.25) is 5.91 Å². The highest BCUT2D eigenvalue weighted by Gasteiger charge is 2.48. The summed E-state index contributed by atoms with van der Waals surface area (Å²) in [7, 11) is -5.09. The fourth-order valence-electron chi connectivity index (χ4n) is 10.6. The number of allylic oxidation sites excluding steroid dienone is 1. The van der Waals surface area contributed by atoms with Gasteiger partial charge in [-0.25, -0.2) is 4.18 Å². The topological polar surface area (TPSA) is 192 Å². The van der Waals surface area contributed by atoms with Crippen molar-refractivity contribution in [3.05, 3.63) is 12.2 Å². The number of carbonyl (C=O) groups is 1. The van der Waals surface area contributed by atoms with Gasteiger partial charge in [-0.15, -0.1) is 0 Å². The van der Waals surface area contributed by atoms with Crippen LogP contribution in [0, 0.1) is 0 Å². The third-order valence-corrected chi connectivity index (χ3v) is 16.0. The molecule has 0 bridgehead atoms. The van der Waals surface area contributed by atoms with Crippen LogP contribution in [0.1, 0.15) is 322 Å². The molecule has 12 nitrogen and oxygen atoms in total. The summed E-state index contributed by atoms with van der Waals surface area (Å²) >= 11 is 0. The van der Waals surface area contributed by atoms with Crippen molar-refractivity contribution in [3.8, 4) is 0 Å². The van der Waals surface area contributed by atoms with E-state index in [1.165, 1.54) is 257 Å². The maximum Gasteiger partial charge on any atom is 0.397 e. The second-order valence-corrected chi connectivity index (χ2v) is 23.8. The number of nitrogens with one attached hydrogen (secondary N) is 1. The first-order chi connectivity index (χ1) is 36.5. The van der Waals surface area contributed by atoms with E-state index >= 15 is 0 Å². The van der Waals surface area contributed by atoms with E-state index < -0.39 is 59.9 Å². The second-order valence-electron chi connectivity index (χ2n) is 22.7. The molecule has 75 heavy (non-hydrogen) atoms. The molecule has 1 amide bonds. The van der Waals surface area contributed by atoms with E-state index in [-0.39, 0.29) is 18.9 Å². The predicted molar refractivity (Wildman–Crippen MR) is 310 cm³/mol. The molecule has 1 rings (SSSR count). The number of hydrogen-bond donors (Lipinski definition) is 6. The van der Waals surface area contributed by atoms with Crippen LogP contribution in [0.4, 0.5) is 0 Å². The summed E-state index contributed by atoms with van der Waals surface area (Å²) < 4.78 is 48.0. The molecule has 0 aromatic carbocycles. The Morgan fingerprint density at radius 1 is 0.520 bits per heavy atom. The third kappa shape index (κ3) is 44.3. The lowest BCUT2D eigenvalue weighted by molar-refractivity contribution is -0.298. The molecular formula is C62H121NO11S. The largest absolute Gasteiger partial charge is 0.397 e. The first-order valence-electron chi connectivity index (χ1n) is 32.1. The Kier molecular flexibility index (Phi) is 50.0. The Morgan fingerprint density at radius 3 is 1.16 bits per heavy atom. The van der Waals surface area contributed by atoms with Crippen molar-refractivity contribution < 1.29 is 51.8 Å². The van der Waals surface area contributed by atoms with Crippen LogP contribution in [-0.4, -0.2) is 95.4 Å². The minimum absolute atomic E-state index is 0.254. The molecule has 0 spiro atoms. The Bertz CT molecular complexity index is 1370. The van der Waals surface area contributed by atoms with Crippen LogP contribution in [-0.2, 0) is 28.9 Å². The molecule has 1 heterocycles. The number of carbonyl (C=O) groups excluding carboxylic acids is 1. The molecule has 1 saturated heterocycles. The van der Waals surface area contributed by atoms with E-state index in [2.05, 4.69) is 23.3 Å². The lowest BCUT2D eigenvalue weighted by Crippen LogP contribution is -2.61. The van der Waals surface area contributed by atoms with Crippen LogP contribution < -0.4 is 5.32 Å². The summed E-state index contributed by atoms with van der Waals surface area (Å²) in [5.74, 6) is -0.254. The third-order valence-electron chi connectivity index (χ3n) is 15.6. The van der Waals surface area contributed by atoms with Crippen LogP contribution in [0.25, 0.3) is 0 Å². The zero-order valence-corrected chi connectivity index (χ0v) is 49.5. The van der Waals surface area contributed by atoms with Gasteiger partial charge in [0.05, 0.1) is 25.4 Å². The van der Waals surface area contributed by atoms with Crippen LogP contribution in [0.2, 0.25) is 0 Å². The molecule has 1 aliphatic rings. The Labute approximate surface area is 461 Å². The first-order valence-corrected chi connectivity index (χ1v) is 33.4. The predicted octanol–water partition coefficient (Wildman–Crippen LogP) is 15.8. The van der Waals surface area contributed by atoms with Crippen LogP contribution in [0.3, 0.4) is 0 Å². The molecular weight excluding hydrogens is 967 g/mol. The summed E-state index contributed by atoms with van der Waals surface area (Å²) in [4.78, 5) is 13.2. The molecule has 0 aliphatic carbocycles. The fraction of sp³-hybridized carbons (Fsp3) is 0.952. The number of amides is 1. The first kappa shape index (κ1) is 71.9. The van der Waals surface area contributed by atoms with Crippen molar-refractivity contribution >= 4 is 16.3 Å². The molecule has 7 unspecified atom stereocenters. The molecule has 1 fully saturated rings. The lowest BCUT2D eigenvalue weighted by Gasteiger charge is -2.41. The van der Waals surface area contributed by atoms with Gasteiger partial charge in [-0.1, -0.05) is 309 Å². The van der Waals surface area contributed by atoms with Gasteiger partial charge in [0.1, 0.15) is 24.4 Å². The average molecular weight is 1090 g/mol. The van der Waals surface area contributed by atoms with Crippen LogP contribution >= 0.6 is 0 Å². The van der Waals surface area contributed by atoms with Gasteiger partial charge in [-0.3, -0.25) is 9.35 Å². The smallest absolute Gasteiger partial charge is 0.394 e. The monoisotopic (exact) mass is 1090 g/mol. The van der Waals surface area contributed by atoms with E-state index in [0.29, 0.717) is 6.42 Å². The number of hydrogen-bond acceptors (Lipinski definition) is 10. The number of ether oxygens (including phenoxy) is 2. The number of aliphatic hydroxyl groups is 4. The van der Waals surface area contributed by atoms with Crippen molar-refractivity contribution in [1.29, 1.82) is 0 Å². The van der Waals surface area contributed by atoms with Crippen LogP contribution in [0.15, 0.2) is 12.2 Å². The molecule has 7 atom stereocenters. The SMILES string of the molecule is CCCCCCCCCCCCCCCCCCCCCCC/C=C/C(O)C(COC1OC(CO)C(O)C(OS(=O)(=O)O)C1O)NC(=O)CCCCCCCCCCCCCCCCCCCCCCCCCCC. The molecule has 13 heteroatoms. The summed E-state index contributed by atoms with van der Waals surface area (Å²) in [6, 6.07) is -0.941. The highest BCUT2D eigenvalue weighted by molar-refractivity contribution is 7.80. The normalized spacial score (nSPS) is 19.1. The van der Waals surface area contributed by atoms with Gasteiger partial charge < -0.3 is 35.2 Å². The van der Waals surface area contributed by atoms with E-state index in [4.69, 9.17) is 9.47 Å². The maximum absolute atomic E-state index is 13.2. The molecule has 0 aromatic rings. The Hall–Kier alpha value is -1.16. The minimum Gasteiger partial charge on any atom is -0.394 e. The highest BCUT2D eigenvalue weighted by Crippen LogP contribution is 2.26. The minimum atomic E-state index is -5.09. The van der Waals surface area contributed by atoms with Crippen LogP contribution in [0.5, 0.6) is 0 Å². The summed E-state index contributed by atoms with van der Waals surface area (Å²) in [5, 5.41) is 45.1. The average Bonchev–Trinajstić information content (AvgIpc) is 3.39. The quantitative estimate of drug-likeness (QED) is 0.0193. The molecule has 0 aromatic heterocycles. The standard InChI is InChI=1S/C62H121NO11S/c1-3-5-7-9-11-13-15-17-19-21-23-25-27-28-30-32-34-36-38-40-42-44-46-48-50-52-58(66)63-55(54-72-62-60(68)61(74-75(69,70)71)59(67)57(53-64)73-62)56(65)51-49-47-45-43-41-39-37-35-33-31-29-26-24-22-20-18-16-14-12-10-8-6-4-2/h49,51,55-57,59-62,64-65,67-68H,3-48,50,52-54H2,1-2H3,(H,63,66)(H,69,70,71)/b51-49+. The molecule has 0 saturated carbocycles. The van der Waals surface area contributed by atoms with Gasteiger partial charge >= 0.3 is 10.4 Å². The van der Waals surface area contributed by atoms with E-state index in [1.807, 2.05) is 6.08 Å². The van der Waals surface area contributed by atoms with Crippen molar-refractivity contribution in [3.63, 3.8) is 0 Å². The molecule has 6 N–H and O–H groups in total. The fourth-order valence-corrected chi connectivity index (χ4v) is 11.1. The molecule has 446 valence electrons. The van der Waals surface area contributed by atoms with Gasteiger partial charge in [-0.05, 0) is 19.3 Å². The van der Waals surface area contributed by atoms with Gasteiger partial charge in [0.25, 0.3) is 0 Å². The molecule has 0 radical (unpaired) electrons. The molecule has 1 aliphatic heterocycles. The maximum atomic E-state index is 13.2. The van der Waals surface area contributed by atoms with E-state index in [0.717, 1.165) is 38.5 Å².